The van der Waals surface area contributed by atoms with Gasteiger partial charge in [-0.3, -0.25) is 19.7 Å². The summed E-state index contributed by atoms with van der Waals surface area (Å²) in [5.41, 5.74) is 1.08. The summed E-state index contributed by atoms with van der Waals surface area (Å²) >= 11 is 0. The SMILES string of the molecule is O=C(O)CCCCCCOc1ccc(CC2CCC(=O)NC2=O)c2ccccc12. The van der Waals surface area contributed by atoms with Gasteiger partial charge in [-0.05, 0) is 42.7 Å². The molecular formula is C23H27NO5. The zero-order chi connectivity index (χ0) is 20.6. The van der Waals surface area contributed by atoms with Crippen LogP contribution < -0.4 is 10.1 Å². The number of hydrogen-bond donors (Lipinski definition) is 2. The number of amides is 2. The molecule has 2 amide bonds. The van der Waals surface area contributed by atoms with Gasteiger partial charge in [0.25, 0.3) is 0 Å². The number of nitrogens with one attached hydrogen (secondary N) is 1. The molecule has 2 aromatic carbocycles. The lowest BCUT2D eigenvalue weighted by atomic mass is 9.89. The first-order valence-electron chi connectivity index (χ1n) is 10.2. The van der Waals surface area contributed by atoms with E-state index in [-0.39, 0.29) is 24.2 Å². The number of fused-ring (bicyclic) bond motifs is 1. The number of carboxylic acids is 1. The van der Waals surface area contributed by atoms with Crippen molar-refractivity contribution >= 4 is 28.6 Å². The Balaban J connectivity index is 1.61. The number of ether oxygens (including phenoxy) is 1. The van der Waals surface area contributed by atoms with E-state index in [0.717, 1.165) is 41.3 Å². The quantitative estimate of drug-likeness (QED) is 0.469. The van der Waals surface area contributed by atoms with Crippen LogP contribution in [0, 0.1) is 5.92 Å². The van der Waals surface area contributed by atoms with Gasteiger partial charge in [0, 0.05) is 24.1 Å². The van der Waals surface area contributed by atoms with Crippen LogP contribution in [0.15, 0.2) is 36.4 Å². The van der Waals surface area contributed by atoms with Crippen LogP contribution in [-0.2, 0) is 20.8 Å². The fourth-order valence-electron chi connectivity index (χ4n) is 3.75. The third kappa shape index (κ3) is 5.79. The third-order valence-electron chi connectivity index (χ3n) is 5.34. The van der Waals surface area contributed by atoms with Gasteiger partial charge in [-0.1, -0.05) is 43.2 Å². The number of imide groups is 1. The summed E-state index contributed by atoms with van der Waals surface area (Å²) in [6.07, 6.45) is 5.21. The summed E-state index contributed by atoms with van der Waals surface area (Å²) in [4.78, 5) is 34.0. The number of aliphatic carboxylic acids is 1. The Morgan fingerprint density at radius 3 is 2.55 bits per heavy atom. The van der Waals surface area contributed by atoms with Crippen LogP contribution in [0.25, 0.3) is 10.8 Å². The first-order valence-corrected chi connectivity index (χ1v) is 10.2. The Bertz CT molecular complexity index is 892. The Kier molecular flexibility index (Phi) is 7.22. The summed E-state index contributed by atoms with van der Waals surface area (Å²) in [6.45, 7) is 0.587. The minimum atomic E-state index is -0.745. The highest BCUT2D eigenvalue weighted by atomic mass is 16.5. The number of unbranched alkanes of at least 4 members (excludes halogenated alkanes) is 3. The third-order valence-corrected chi connectivity index (χ3v) is 5.34. The molecule has 1 aliphatic heterocycles. The zero-order valence-electron chi connectivity index (χ0n) is 16.5. The number of carboxylic acid groups (broad SMARTS) is 1. The molecule has 1 fully saturated rings. The predicted octanol–water partition coefficient (Wildman–Crippen LogP) is 3.85. The van der Waals surface area contributed by atoms with E-state index in [2.05, 4.69) is 5.32 Å². The van der Waals surface area contributed by atoms with E-state index in [9.17, 15) is 14.4 Å². The molecule has 1 heterocycles. The van der Waals surface area contributed by atoms with Crippen LogP contribution in [-0.4, -0.2) is 29.5 Å². The molecule has 0 bridgehead atoms. The predicted molar refractivity (Wildman–Crippen MR) is 110 cm³/mol. The molecular weight excluding hydrogens is 370 g/mol. The van der Waals surface area contributed by atoms with Crippen LogP contribution in [0.1, 0.15) is 50.5 Å². The Labute approximate surface area is 170 Å². The molecule has 29 heavy (non-hydrogen) atoms. The summed E-state index contributed by atoms with van der Waals surface area (Å²) in [6, 6.07) is 12.0. The van der Waals surface area contributed by atoms with Crippen molar-refractivity contribution in [3.8, 4) is 5.75 Å². The molecule has 0 spiro atoms. The molecule has 0 saturated carbocycles. The minimum absolute atomic E-state index is 0.186. The first-order chi connectivity index (χ1) is 14.0. The average Bonchev–Trinajstić information content (AvgIpc) is 2.70. The number of hydrogen-bond acceptors (Lipinski definition) is 4. The van der Waals surface area contributed by atoms with Crippen molar-refractivity contribution in [2.75, 3.05) is 6.61 Å². The average molecular weight is 397 g/mol. The van der Waals surface area contributed by atoms with Crippen molar-refractivity contribution in [2.24, 2.45) is 5.92 Å². The second kappa shape index (κ2) is 10.0. The second-order valence-electron chi connectivity index (χ2n) is 7.53. The lowest BCUT2D eigenvalue weighted by Crippen LogP contribution is -2.41. The summed E-state index contributed by atoms with van der Waals surface area (Å²) in [7, 11) is 0. The number of piperidine rings is 1. The Morgan fingerprint density at radius 2 is 1.79 bits per heavy atom. The normalized spacial score (nSPS) is 16.6. The molecule has 6 nitrogen and oxygen atoms in total. The van der Waals surface area contributed by atoms with Gasteiger partial charge in [-0.15, -0.1) is 0 Å². The topological polar surface area (TPSA) is 92.7 Å². The molecule has 1 aliphatic rings. The van der Waals surface area contributed by atoms with Gasteiger partial charge in [0.1, 0.15) is 5.75 Å². The summed E-state index contributed by atoms with van der Waals surface area (Å²) in [5.74, 6) is -0.492. The molecule has 6 heteroatoms. The highest BCUT2D eigenvalue weighted by Gasteiger charge is 2.27. The van der Waals surface area contributed by atoms with E-state index in [4.69, 9.17) is 9.84 Å². The Hall–Kier alpha value is -2.89. The van der Waals surface area contributed by atoms with Crippen LogP contribution in [0.3, 0.4) is 0 Å². The van der Waals surface area contributed by atoms with Gasteiger partial charge >= 0.3 is 5.97 Å². The number of carbonyl (C=O) groups excluding carboxylic acids is 2. The van der Waals surface area contributed by atoms with Crippen molar-refractivity contribution in [2.45, 2.75) is 51.4 Å². The summed E-state index contributed by atoms with van der Waals surface area (Å²) < 4.78 is 5.99. The van der Waals surface area contributed by atoms with E-state index in [1.807, 2.05) is 36.4 Å². The van der Waals surface area contributed by atoms with Gasteiger partial charge in [0.2, 0.25) is 11.8 Å². The largest absolute Gasteiger partial charge is 0.493 e. The maximum atomic E-state index is 12.1. The van der Waals surface area contributed by atoms with E-state index >= 15 is 0 Å². The van der Waals surface area contributed by atoms with Crippen molar-refractivity contribution in [1.82, 2.24) is 5.32 Å². The van der Waals surface area contributed by atoms with Gasteiger partial charge in [0.05, 0.1) is 6.61 Å². The van der Waals surface area contributed by atoms with E-state index in [0.29, 0.717) is 32.3 Å². The highest BCUT2D eigenvalue weighted by Crippen LogP contribution is 2.31. The molecule has 3 rings (SSSR count). The van der Waals surface area contributed by atoms with E-state index in [1.54, 1.807) is 0 Å². The van der Waals surface area contributed by atoms with Gasteiger partial charge < -0.3 is 9.84 Å². The van der Waals surface area contributed by atoms with Crippen LogP contribution in [0.4, 0.5) is 0 Å². The molecule has 0 radical (unpaired) electrons. The van der Waals surface area contributed by atoms with Crippen LogP contribution in [0.5, 0.6) is 5.75 Å². The molecule has 1 atom stereocenters. The molecule has 1 unspecified atom stereocenters. The molecule has 154 valence electrons. The maximum absolute atomic E-state index is 12.1. The van der Waals surface area contributed by atoms with Gasteiger partial charge in [-0.25, -0.2) is 0 Å². The fourth-order valence-corrected chi connectivity index (χ4v) is 3.75. The molecule has 2 N–H and O–H groups in total. The first kappa shape index (κ1) is 20.8. The number of rotatable bonds is 10. The molecule has 0 aromatic heterocycles. The Morgan fingerprint density at radius 1 is 1.03 bits per heavy atom. The van der Waals surface area contributed by atoms with Crippen LogP contribution >= 0.6 is 0 Å². The standard InChI is InChI=1S/C23H27NO5/c25-21-13-11-17(23(28)24-21)15-16-10-12-20(19-8-5-4-7-18(16)19)29-14-6-2-1-3-9-22(26)27/h4-5,7-8,10,12,17H,1-3,6,9,11,13-15H2,(H,26,27)(H,24,25,28). The zero-order valence-corrected chi connectivity index (χ0v) is 16.5. The van der Waals surface area contributed by atoms with Crippen molar-refractivity contribution in [1.29, 1.82) is 0 Å². The van der Waals surface area contributed by atoms with Crippen LogP contribution in [0.2, 0.25) is 0 Å². The van der Waals surface area contributed by atoms with E-state index < -0.39 is 5.97 Å². The van der Waals surface area contributed by atoms with Crippen molar-refractivity contribution in [3.63, 3.8) is 0 Å². The highest BCUT2D eigenvalue weighted by molar-refractivity contribution is 5.99. The monoisotopic (exact) mass is 397 g/mol. The molecule has 2 aromatic rings. The van der Waals surface area contributed by atoms with E-state index in [1.165, 1.54) is 0 Å². The van der Waals surface area contributed by atoms with Gasteiger partial charge in [-0.2, -0.15) is 0 Å². The van der Waals surface area contributed by atoms with Crippen molar-refractivity contribution < 1.29 is 24.2 Å². The number of carbonyl (C=O) groups is 3. The minimum Gasteiger partial charge on any atom is -0.493 e. The fraction of sp³-hybridized carbons (Fsp3) is 0.435. The molecule has 0 aliphatic carbocycles. The lowest BCUT2D eigenvalue weighted by Gasteiger charge is -2.21. The van der Waals surface area contributed by atoms with Crippen molar-refractivity contribution in [3.05, 3.63) is 42.0 Å². The maximum Gasteiger partial charge on any atom is 0.303 e. The second-order valence-corrected chi connectivity index (χ2v) is 7.53. The van der Waals surface area contributed by atoms with Gasteiger partial charge in [0.15, 0.2) is 0 Å². The molecule has 1 saturated heterocycles. The summed E-state index contributed by atoms with van der Waals surface area (Å²) in [5, 5.41) is 13.2. The smallest absolute Gasteiger partial charge is 0.303 e. The lowest BCUT2D eigenvalue weighted by molar-refractivity contribution is -0.138. The number of benzene rings is 2.